The van der Waals surface area contributed by atoms with Gasteiger partial charge in [0.1, 0.15) is 19.0 Å². The molecule has 0 radical (unpaired) electrons. The zero-order valence-electron chi connectivity index (χ0n) is 28.3. The van der Waals surface area contributed by atoms with Crippen LogP contribution in [-0.4, -0.2) is 24.3 Å². The third kappa shape index (κ3) is 4.48. The van der Waals surface area contributed by atoms with Gasteiger partial charge in [-0.2, -0.15) is 0 Å². The van der Waals surface area contributed by atoms with E-state index in [-0.39, 0.29) is 57.5 Å². The lowest BCUT2D eigenvalue weighted by atomic mass is 9.32. The molecule has 5 aliphatic rings. The van der Waals surface area contributed by atoms with Crippen LogP contribution in [0, 0.1) is 62.6 Å². The zero-order valence-corrected chi connectivity index (χ0v) is 28.3. The summed E-state index contributed by atoms with van der Waals surface area (Å²) >= 11 is 0. The normalized spacial score (nSPS) is 44.6. The summed E-state index contributed by atoms with van der Waals surface area (Å²) in [6.45, 7) is 16.4. The molecule has 0 aromatic heterocycles. The molecule has 5 aliphatic carbocycles. The van der Waals surface area contributed by atoms with E-state index in [4.69, 9.17) is 9.47 Å². The van der Waals surface area contributed by atoms with Gasteiger partial charge in [-0.05, 0) is 116 Å². The van der Waals surface area contributed by atoms with Gasteiger partial charge in [-0.3, -0.25) is 9.59 Å². The van der Waals surface area contributed by atoms with Crippen LogP contribution in [-0.2, 0) is 30.5 Å². The number of fused-ring (bicyclic) bond motifs is 7. The van der Waals surface area contributed by atoms with Crippen molar-refractivity contribution < 1.29 is 23.9 Å². The minimum absolute atomic E-state index is 0.0179. The standard InChI is InChI=1S/C39H56O5/c1-25(23-40)28-15-20-39(34(42)43-24-27-11-9-8-10-12-27)22-21-37(6)29(33(28)39)13-14-31-36(5)18-17-32(44-26(2)41)35(3,4)30(36)16-19-38(31,37)7/h8-12,23,25,28-33H,13-22,24H2,1-7H3/t25-,28-,29?,30?,31?,32+,33?,36-,37+,38+,39-/m0/s1. The maximum absolute atomic E-state index is 14.2. The van der Waals surface area contributed by atoms with Crippen molar-refractivity contribution in [3.05, 3.63) is 35.9 Å². The van der Waals surface area contributed by atoms with Gasteiger partial charge in [-0.1, -0.05) is 71.9 Å². The first kappa shape index (κ1) is 31.8. The molecule has 1 aromatic rings. The molecule has 0 aliphatic heterocycles. The van der Waals surface area contributed by atoms with Crippen molar-refractivity contribution in [1.29, 1.82) is 0 Å². The fourth-order valence-corrected chi connectivity index (χ4v) is 12.9. The lowest BCUT2D eigenvalue weighted by Crippen LogP contribution is -2.67. The molecule has 0 bridgehead atoms. The van der Waals surface area contributed by atoms with Crippen molar-refractivity contribution in [3.8, 4) is 0 Å². The van der Waals surface area contributed by atoms with E-state index in [1.807, 2.05) is 30.3 Å². The molecule has 5 heteroatoms. The maximum Gasteiger partial charge on any atom is 0.312 e. The summed E-state index contributed by atoms with van der Waals surface area (Å²) in [5.74, 6) is 1.68. The number of aldehydes is 1. The second kappa shape index (κ2) is 11.0. The molecular weight excluding hydrogens is 548 g/mol. The molecule has 11 atom stereocenters. The van der Waals surface area contributed by atoms with E-state index in [1.54, 1.807) is 6.92 Å². The first-order chi connectivity index (χ1) is 20.7. The Hall–Kier alpha value is -2.17. The van der Waals surface area contributed by atoms with Gasteiger partial charge >= 0.3 is 11.9 Å². The second-order valence-electron chi connectivity index (χ2n) is 17.1. The Balaban J connectivity index is 1.32. The SMILES string of the molecule is CC(=O)O[C@@H]1CC[C@@]2(C)C(CC[C@]3(C)C2CCC2C4[C@H]([C@@H](C)C=O)CC[C@]4(C(=O)OCc4ccccc4)CC[C@]23C)C1(C)C. The predicted octanol–water partition coefficient (Wildman–Crippen LogP) is 8.58. The second-order valence-corrected chi connectivity index (χ2v) is 17.1. The van der Waals surface area contributed by atoms with Crippen LogP contribution in [0.25, 0.3) is 0 Å². The van der Waals surface area contributed by atoms with Gasteiger partial charge in [0, 0.05) is 18.3 Å². The Kier molecular flexibility index (Phi) is 7.93. The molecular formula is C39H56O5. The molecule has 0 spiro atoms. The molecule has 6 rings (SSSR count). The highest BCUT2D eigenvalue weighted by Crippen LogP contribution is 2.77. The fourth-order valence-electron chi connectivity index (χ4n) is 12.9. The Morgan fingerprint density at radius 2 is 1.59 bits per heavy atom. The van der Waals surface area contributed by atoms with E-state index in [2.05, 4.69) is 41.5 Å². The lowest BCUT2D eigenvalue weighted by molar-refractivity contribution is -0.252. The molecule has 44 heavy (non-hydrogen) atoms. The highest BCUT2D eigenvalue weighted by molar-refractivity contribution is 5.78. The summed E-state index contributed by atoms with van der Waals surface area (Å²) < 4.78 is 12.1. The van der Waals surface area contributed by atoms with Crippen molar-refractivity contribution in [3.63, 3.8) is 0 Å². The molecule has 242 valence electrons. The van der Waals surface area contributed by atoms with Crippen LogP contribution in [0.1, 0.15) is 118 Å². The lowest BCUT2D eigenvalue weighted by Gasteiger charge is -2.72. The number of carbonyl (C=O) groups is 3. The van der Waals surface area contributed by atoms with E-state index in [0.29, 0.717) is 24.4 Å². The molecule has 0 heterocycles. The van der Waals surface area contributed by atoms with Crippen molar-refractivity contribution in [1.82, 2.24) is 0 Å². The Morgan fingerprint density at radius 3 is 2.27 bits per heavy atom. The van der Waals surface area contributed by atoms with Crippen molar-refractivity contribution >= 4 is 18.2 Å². The van der Waals surface area contributed by atoms with E-state index in [1.165, 1.54) is 12.8 Å². The van der Waals surface area contributed by atoms with Crippen molar-refractivity contribution in [2.75, 3.05) is 0 Å². The number of benzene rings is 1. The summed E-state index contributed by atoms with van der Waals surface area (Å²) in [4.78, 5) is 38.5. The Labute approximate surface area is 265 Å². The summed E-state index contributed by atoms with van der Waals surface area (Å²) in [6.07, 6.45) is 11.5. The largest absolute Gasteiger partial charge is 0.462 e. The van der Waals surface area contributed by atoms with Gasteiger partial charge in [0.25, 0.3) is 0 Å². The van der Waals surface area contributed by atoms with Gasteiger partial charge in [-0.15, -0.1) is 0 Å². The first-order valence-electron chi connectivity index (χ1n) is 17.6. The monoisotopic (exact) mass is 604 g/mol. The van der Waals surface area contributed by atoms with E-state index in [0.717, 1.165) is 63.2 Å². The highest BCUT2D eigenvalue weighted by Gasteiger charge is 2.72. The van der Waals surface area contributed by atoms with Crippen LogP contribution < -0.4 is 0 Å². The predicted molar refractivity (Wildman–Crippen MR) is 171 cm³/mol. The van der Waals surface area contributed by atoms with Crippen LogP contribution in [0.3, 0.4) is 0 Å². The average molecular weight is 605 g/mol. The molecule has 0 amide bonds. The van der Waals surface area contributed by atoms with Crippen LogP contribution >= 0.6 is 0 Å². The summed E-state index contributed by atoms with van der Waals surface area (Å²) in [7, 11) is 0. The molecule has 0 N–H and O–H groups in total. The summed E-state index contributed by atoms with van der Waals surface area (Å²) in [6, 6.07) is 10.0. The smallest absolute Gasteiger partial charge is 0.312 e. The minimum atomic E-state index is -0.491. The number of esters is 2. The van der Waals surface area contributed by atoms with E-state index >= 15 is 0 Å². The minimum Gasteiger partial charge on any atom is -0.462 e. The van der Waals surface area contributed by atoms with E-state index < -0.39 is 5.41 Å². The third-order valence-electron chi connectivity index (χ3n) is 15.2. The molecule has 5 saturated carbocycles. The Morgan fingerprint density at radius 1 is 0.864 bits per heavy atom. The van der Waals surface area contributed by atoms with Crippen molar-refractivity contribution in [2.45, 2.75) is 125 Å². The van der Waals surface area contributed by atoms with Crippen LogP contribution in [0.5, 0.6) is 0 Å². The van der Waals surface area contributed by atoms with Crippen LogP contribution in [0.15, 0.2) is 30.3 Å². The number of hydrogen-bond acceptors (Lipinski definition) is 5. The Bertz CT molecular complexity index is 1270. The number of hydrogen-bond donors (Lipinski definition) is 0. The van der Waals surface area contributed by atoms with Crippen molar-refractivity contribution in [2.24, 2.45) is 62.6 Å². The zero-order chi connectivity index (χ0) is 31.7. The topological polar surface area (TPSA) is 69.7 Å². The van der Waals surface area contributed by atoms with Gasteiger partial charge in [0.15, 0.2) is 0 Å². The van der Waals surface area contributed by atoms with Crippen LogP contribution in [0.2, 0.25) is 0 Å². The quantitative estimate of drug-likeness (QED) is 0.240. The number of rotatable bonds is 6. The van der Waals surface area contributed by atoms with Gasteiger partial charge < -0.3 is 14.3 Å². The van der Waals surface area contributed by atoms with Crippen LogP contribution in [0.4, 0.5) is 0 Å². The summed E-state index contributed by atoms with van der Waals surface area (Å²) in [5, 5.41) is 0. The molecule has 5 nitrogen and oxygen atoms in total. The van der Waals surface area contributed by atoms with Gasteiger partial charge in [0.05, 0.1) is 5.41 Å². The molecule has 0 saturated heterocycles. The van der Waals surface area contributed by atoms with Gasteiger partial charge in [-0.25, -0.2) is 0 Å². The first-order valence-corrected chi connectivity index (χ1v) is 17.6. The van der Waals surface area contributed by atoms with Gasteiger partial charge in [0.2, 0.25) is 0 Å². The molecule has 5 fully saturated rings. The number of carbonyl (C=O) groups excluding carboxylic acids is 3. The average Bonchev–Trinajstić information content (AvgIpc) is 3.39. The summed E-state index contributed by atoms with van der Waals surface area (Å²) in [5.41, 5.74) is 0.917. The molecule has 4 unspecified atom stereocenters. The third-order valence-corrected chi connectivity index (χ3v) is 15.2. The fraction of sp³-hybridized carbons (Fsp3) is 0.769. The number of ether oxygens (including phenoxy) is 2. The van der Waals surface area contributed by atoms with E-state index in [9.17, 15) is 14.4 Å². The maximum atomic E-state index is 14.2. The highest BCUT2D eigenvalue weighted by atomic mass is 16.5. The molecule has 1 aromatic carbocycles.